The molecule has 1 aliphatic rings. The van der Waals surface area contributed by atoms with Gasteiger partial charge in [0.2, 0.25) is 0 Å². The van der Waals surface area contributed by atoms with Crippen molar-refractivity contribution in [1.29, 1.82) is 0 Å². The maximum Gasteiger partial charge on any atom is 0.309 e. The van der Waals surface area contributed by atoms with Crippen molar-refractivity contribution in [1.82, 2.24) is 0 Å². The molecule has 1 unspecified atom stereocenters. The smallest absolute Gasteiger partial charge is 0.309 e. The summed E-state index contributed by atoms with van der Waals surface area (Å²) in [5.74, 6) is 0.896. The third-order valence-corrected chi connectivity index (χ3v) is 3.08. The average Bonchev–Trinajstić information content (AvgIpc) is 2.46. The van der Waals surface area contributed by atoms with Crippen molar-refractivity contribution >= 4 is 5.97 Å². The highest BCUT2D eigenvalue weighted by molar-refractivity contribution is 5.75. The summed E-state index contributed by atoms with van der Waals surface area (Å²) in [6, 6.07) is -0.00213. The molecule has 1 rings (SSSR count). The van der Waals surface area contributed by atoms with E-state index in [0.717, 1.165) is 12.8 Å². The second-order valence-electron chi connectivity index (χ2n) is 5.35. The molecule has 2 N–H and O–H groups in total. The second-order valence-corrected chi connectivity index (χ2v) is 5.35. The van der Waals surface area contributed by atoms with Gasteiger partial charge in [-0.2, -0.15) is 0 Å². The van der Waals surface area contributed by atoms with E-state index in [-0.39, 0.29) is 24.0 Å². The van der Waals surface area contributed by atoms with E-state index in [2.05, 4.69) is 27.7 Å². The maximum atomic E-state index is 11.5. The summed E-state index contributed by atoms with van der Waals surface area (Å²) in [5.41, 5.74) is 6.03. The van der Waals surface area contributed by atoms with Gasteiger partial charge in [0.1, 0.15) is 6.10 Å². The number of carbonyl (C=O) groups excluding carboxylic acids is 1. The Hall–Kier alpha value is -0.570. The highest BCUT2D eigenvalue weighted by Gasteiger charge is 2.39. The Kier molecular flexibility index (Phi) is 4.14. The summed E-state index contributed by atoms with van der Waals surface area (Å²) in [6.45, 7) is 8.39. The Morgan fingerprint density at radius 1 is 1.40 bits per heavy atom. The molecule has 3 nitrogen and oxygen atoms in total. The summed E-state index contributed by atoms with van der Waals surface area (Å²) >= 11 is 0. The molecule has 15 heavy (non-hydrogen) atoms. The number of hydrogen-bond acceptors (Lipinski definition) is 3. The molecule has 1 aliphatic heterocycles. The molecule has 1 heterocycles. The first-order valence-corrected chi connectivity index (χ1v) is 5.88. The van der Waals surface area contributed by atoms with Gasteiger partial charge in [0.25, 0.3) is 0 Å². The van der Waals surface area contributed by atoms with Crippen molar-refractivity contribution in [2.75, 3.05) is 0 Å². The third kappa shape index (κ3) is 3.20. The molecule has 1 saturated heterocycles. The van der Waals surface area contributed by atoms with Crippen LogP contribution in [-0.4, -0.2) is 18.1 Å². The van der Waals surface area contributed by atoms with Crippen LogP contribution in [0.3, 0.4) is 0 Å². The minimum Gasteiger partial charge on any atom is -0.460 e. The lowest BCUT2D eigenvalue weighted by atomic mass is 9.89. The van der Waals surface area contributed by atoms with E-state index in [9.17, 15) is 4.79 Å². The van der Waals surface area contributed by atoms with Gasteiger partial charge in [0.05, 0.1) is 5.92 Å². The number of carbonyl (C=O) groups is 1. The van der Waals surface area contributed by atoms with Gasteiger partial charge in [-0.15, -0.1) is 0 Å². The summed E-state index contributed by atoms with van der Waals surface area (Å²) < 4.78 is 5.33. The normalized spacial score (nSPS) is 28.6. The maximum absolute atomic E-state index is 11.5. The number of hydrogen-bond donors (Lipinski definition) is 1. The third-order valence-electron chi connectivity index (χ3n) is 3.08. The average molecular weight is 213 g/mol. The molecule has 0 saturated carbocycles. The molecular formula is C12H23NO2. The predicted octanol–water partition coefficient (Wildman–Crippen LogP) is 1.95. The van der Waals surface area contributed by atoms with Crippen LogP contribution in [-0.2, 0) is 9.53 Å². The fourth-order valence-electron chi connectivity index (χ4n) is 2.13. The van der Waals surface area contributed by atoms with Crippen molar-refractivity contribution < 1.29 is 9.53 Å². The van der Waals surface area contributed by atoms with Crippen molar-refractivity contribution in [3.8, 4) is 0 Å². The van der Waals surface area contributed by atoms with E-state index in [0.29, 0.717) is 11.8 Å². The number of esters is 1. The highest BCUT2D eigenvalue weighted by Crippen LogP contribution is 2.30. The first-order chi connectivity index (χ1) is 6.91. The quantitative estimate of drug-likeness (QED) is 0.726. The van der Waals surface area contributed by atoms with Crippen molar-refractivity contribution in [2.45, 2.75) is 52.7 Å². The van der Waals surface area contributed by atoms with Crippen LogP contribution in [0.25, 0.3) is 0 Å². The van der Waals surface area contributed by atoms with Crippen LogP contribution in [0.4, 0.5) is 0 Å². The SMILES string of the molecule is CC(C)C[C@@H](N)C1C[C@@H](C(C)C)C(=O)O1. The van der Waals surface area contributed by atoms with Gasteiger partial charge in [-0.05, 0) is 24.7 Å². The Morgan fingerprint density at radius 2 is 2.00 bits per heavy atom. The van der Waals surface area contributed by atoms with E-state index in [1.54, 1.807) is 0 Å². The Balaban J connectivity index is 2.50. The molecule has 0 radical (unpaired) electrons. The van der Waals surface area contributed by atoms with Crippen LogP contribution in [0, 0.1) is 17.8 Å². The van der Waals surface area contributed by atoms with E-state index in [1.807, 2.05) is 0 Å². The molecular weight excluding hydrogens is 190 g/mol. The lowest BCUT2D eigenvalue weighted by Crippen LogP contribution is -2.35. The van der Waals surface area contributed by atoms with Crippen LogP contribution in [0.15, 0.2) is 0 Å². The van der Waals surface area contributed by atoms with Crippen molar-refractivity contribution in [2.24, 2.45) is 23.5 Å². The van der Waals surface area contributed by atoms with E-state index in [1.165, 1.54) is 0 Å². The molecule has 88 valence electrons. The molecule has 0 aromatic carbocycles. The predicted molar refractivity (Wildman–Crippen MR) is 60.3 cm³/mol. The summed E-state index contributed by atoms with van der Waals surface area (Å²) in [7, 11) is 0. The lowest BCUT2D eigenvalue weighted by molar-refractivity contribution is -0.145. The zero-order chi connectivity index (χ0) is 11.6. The minimum atomic E-state index is -0.0627. The van der Waals surface area contributed by atoms with E-state index >= 15 is 0 Å². The van der Waals surface area contributed by atoms with E-state index < -0.39 is 0 Å². The largest absolute Gasteiger partial charge is 0.460 e. The van der Waals surface area contributed by atoms with Gasteiger partial charge in [0.15, 0.2) is 0 Å². The van der Waals surface area contributed by atoms with Crippen LogP contribution < -0.4 is 5.73 Å². The first kappa shape index (κ1) is 12.5. The highest BCUT2D eigenvalue weighted by atomic mass is 16.6. The summed E-state index contributed by atoms with van der Waals surface area (Å²) in [5, 5.41) is 0. The summed E-state index contributed by atoms with van der Waals surface area (Å²) in [6.07, 6.45) is 1.65. The van der Waals surface area contributed by atoms with Gasteiger partial charge < -0.3 is 10.5 Å². The van der Waals surface area contributed by atoms with Crippen LogP contribution in [0.2, 0.25) is 0 Å². The van der Waals surface area contributed by atoms with Crippen molar-refractivity contribution in [3.05, 3.63) is 0 Å². The summed E-state index contributed by atoms with van der Waals surface area (Å²) in [4.78, 5) is 11.5. The topological polar surface area (TPSA) is 52.3 Å². The van der Waals surface area contributed by atoms with Gasteiger partial charge in [-0.1, -0.05) is 27.7 Å². The molecule has 0 bridgehead atoms. The molecule has 0 spiro atoms. The molecule has 0 amide bonds. The zero-order valence-electron chi connectivity index (χ0n) is 10.2. The zero-order valence-corrected chi connectivity index (χ0v) is 10.2. The Bertz CT molecular complexity index is 226. The second kappa shape index (κ2) is 4.97. The first-order valence-electron chi connectivity index (χ1n) is 5.88. The fourth-order valence-corrected chi connectivity index (χ4v) is 2.13. The molecule has 3 heteroatoms. The van der Waals surface area contributed by atoms with Gasteiger partial charge in [-0.3, -0.25) is 4.79 Å². The molecule has 0 aromatic heterocycles. The molecule has 1 fully saturated rings. The van der Waals surface area contributed by atoms with Gasteiger partial charge in [0, 0.05) is 6.04 Å². The molecule has 3 atom stereocenters. The number of rotatable bonds is 4. The standard InChI is InChI=1S/C12H23NO2/c1-7(2)5-10(13)11-6-9(8(3)4)12(14)15-11/h7-11H,5-6,13H2,1-4H3/t9-,10+,11?/m0/s1. The van der Waals surface area contributed by atoms with Gasteiger partial charge in [-0.25, -0.2) is 0 Å². The monoisotopic (exact) mass is 213 g/mol. The number of ether oxygens (including phenoxy) is 1. The fraction of sp³-hybridized carbons (Fsp3) is 0.917. The molecule has 0 aromatic rings. The van der Waals surface area contributed by atoms with Crippen LogP contribution >= 0.6 is 0 Å². The van der Waals surface area contributed by atoms with Gasteiger partial charge >= 0.3 is 5.97 Å². The minimum absolute atomic E-state index is 0.00213. The number of nitrogens with two attached hydrogens (primary N) is 1. The lowest BCUT2D eigenvalue weighted by Gasteiger charge is -2.19. The van der Waals surface area contributed by atoms with Crippen molar-refractivity contribution in [3.63, 3.8) is 0 Å². The Morgan fingerprint density at radius 3 is 2.40 bits per heavy atom. The number of cyclic esters (lactones) is 1. The van der Waals surface area contributed by atoms with E-state index in [4.69, 9.17) is 10.5 Å². The molecule has 0 aliphatic carbocycles. The van der Waals surface area contributed by atoms with Crippen LogP contribution in [0.5, 0.6) is 0 Å². The van der Waals surface area contributed by atoms with Crippen LogP contribution in [0.1, 0.15) is 40.5 Å². The Labute approximate surface area is 92.4 Å².